The number of halogens is 1. The Morgan fingerprint density at radius 3 is 2.29 bits per heavy atom. The van der Waals surface area contributed by atoms with E-state index in [9.17, 15) is 12.8 Å². The number of hydrogen-bond acceptors (Lipinski definition) is 3. The fourth-order valence-corrected chi connectivity index (χ4v) is 2.53. The summed E-state index contributed by atoms with van der Waals surface area (Å²) < 4.78 is 41.6. The second-order valence-corrected chi connectivity index (χ2v) is 6.36. The molecular formula is C15H16FNO3S. The molecule has 0 aromatic heterocycles. The highest BCUT2D eigenvalue weighted by Gasteiger charge is 2.13. The van der Waals surface area contributed by atoms with Gasteiger partial charge in [0.15, 0.2) is 11.6 Å². The summed E-state index contributed by atoms with van der Waals surface area (Å²) in [6.45, 7) is 4.11. The molecule has 0 saturated carbocycles. The third-order valence-corrected chi connectivity index (χ3v) is 4.16. The summed E-state index contributed by atoms with van der Waals surface area (Å²) in [6.07, 6.45) is 0. The molecule has 21 heavy (non-hydrogen) atoms. The lowest BCUT2D eigenvalue weighted by atomic mass is 10.0. The molecular weight excluding hydrogens is 293 g/mol. The molecule has 0 aliphatic rings. The average Bonchev–Trinajstić information content (AvgIpc) is 2.38. The van der Waals surface area contributed by atoms with Gasteiger partial charge in [0, 0.05) is 0 Å². The van der Waals surface area contributed by atoms with E-state index >= 15 is 0 Å². The predicted octanol–water partition coefficient (Wildman–Crippen LogP) is 2.67. The van der Waals surface area contributed by atoms with Crippen LogP contribution in [0.2, 0.25) is 0 Å². The van der Waals surface area contributed by atoms with Crippen molar-refractivity contribution < 1.29 is 17.5 Å². The quantitative estimate of drug-likeness (QED) is 0.944. The van der Waals surface area contributed by atoms with Crippen LogP contribution in [0.15, 0.2) is 41.3 Å². The van der Waals surface area contributed by atoms with E-state index in [0.717, 1.165) is 22.8 Å². The van der Waals surface area contributed by atoms with E-state index in [2.05, 4.69) is 0 Å². The second-order valence-electron chi connectivity index (χ2n) is 4.80. The summed E-state index contributed by atoms with van der Waals surface area (Å²) in [4.78, 5) is -0.278. The minimum Gasteiger partial charge on any atom is -0.486 e. The Morgan fingerprint density at radius 2 is 1.76 bits per heavy atom. The second kappa shape index (κ2) is 5.83. The first-order chi connectivity index (χ1) is 9.79. The number of rotatable bonds is 4. The predicted molar refractivity (Wildman–Crippen MR) is 78.0 cm³/mol. The molecule has 0 amide bonds. The maximum absolute atomic E-state index is 13.8. The zero-order chi connectivity index (χ0) is 15.6. The van der Waals surface area contributed by atoms with Crippen LogP contribution < -0.4 is 9.88 Å². The van der Waals surface area contributed by atoms with Crippen LogP contribution in [0.25, 0.3) is 0 Å². The van der Waals surface area contributed by atoms with Crippen molar-refractivity contribution in [2.45, 2.75) is 25.3 Å². The zero-order valence-corrected chi connectivity index (χ0v) is 12.6. The fraction of sp³-hybridized carbons (Fsp3) is 0.200. The molecule has 0 saturated heterocycles. The number of hydrogen-bond donors (Lipinski definition) is 1. The Labute approximate surface area is 123 Å². The van der Waals surface area contributed by atoms with Gasteiger partial charge in [0.05, 0.1) is 4.90 Å². The molecule has 2 rings (SSSR count). The average molecular weight is 309 g/mol. The summed E-state index contributed by atoms with van der Waals surface area (Å²) in [7, 11) is -3.92. The topological polar surface area (TPSA) is 69.4 Å². The van der Waals surface area contributed by atoms with Crippen LogP contribution in [0.1, 0.15) is 16.7 Å². The van der Waals surface area contributed by atoms with Crippen LogP contribution in [-0.4, -0.2) is 8.42 Å². The van der Waals surface area contributed by atoms with Gasteiger partial charge in [-0.05, 0) is 48.7 Å². The summed E-state index contributed by atoms with van der Waals surface area (Å²) >= 11 is 0. The zero-order valence-electron chi connectivity index (χ0n) is 11.8. The molecule has 2 aromatic rings. The van der Waals surface area contributed by atoms with E-state index in [0.29, 0.717) is 0 Å². The fourth-order valence-electron chi connectivity index (χ4n) is 2.00. The Kier molecular flexibility index (Phi) is 4.29. The van der Waals surface area contributed by atoms with Crippen LogP contribution >= 0.6 is 0 Å². The molecule has 0 aliphatic carbocycles. The molecule has 0 radical (unpaired) electrons. The van der Waals surface area contributed by atoms with Gasteiger partial charge in [0.1, 0.15) is 6.61 Å². The lowest BCUT2D eigenvalue weighted by Crippen LogP contribution is -2.12. The monoisotopic (exact) mass is 309 g/mol. The van der Waals surface area contributed by atoms with Crippen molar-refractivity contribution in [2.24, 2.45) is 5.14 Å². The van der Waals surface area contributed by atoms with Crippen LogP contribution in [-0.2, 0) is 16.6 Å². The Hall–Kier alpha value is -1.92. The van der Waals surface area contributed by atoms with Crippen molar-refractivity contribution >= 4 is 10.0 Å². The Bertz CT molecular complexity index is 752. The van der Waals surface area contributed by atoms with Crippen molar-refractivity contribution in [2.75, 3.05) is 0 Å². The Balaban J connectivity index is 2.22. The number of primary sulfonamides is 1. The SMILES string of the molecule is Cc1cccc(C)c1COc1ccc(S(N)(=O)=O)cc1F. The van der Waals surface area contributed by atoms with Gasteiger partial charge in [-0.25, -0.2) is 17.9 Å². The molecule has 0 heterocycles. The standard InChI is InChI=1S/C15H16FNO3S/c1-10-4-3-5-11(2)13(10)9-20-15-7-6-12(8-14(15)16)21(17,18)19/h3-8H,9H2,1-2H3,(H2,17,18,19). The highest BCUT2D eigenvalue weighted by Crippen LogP contribution is 2.23. The summed E-state index contributed by atoms with van der Waals surface area (Å²) in [5.41, 5.74) is 3.08. The lowest BCUT2D eigenvalue weighted by molar-refractivity contribution is 0.288. The number of aryl methyl sites for hydroxylation is 2. The largest absolute Gasteiger partial charge is 0.486 e. The smallest absolute Gasteiger partial charge is 0.238 e. The lowest BCUT2D eigenvalue weighted by Gasteiger charge is -2.12. The van der Waals surface area contributed by atoms with Gasteiger partial charge >= 0.3 is 0 Å². The van der Waals surface area contributed by atoms with Gasteiger partial charge in [-0.15, -0.1) is 0 Å². The van der Waals surface area contributed by atoms with E-state index in [1.807, 2.05) is 32.0 Å². The van der Waals surface area contributed by atoms with Crippen molar-refractivity contribution in [3.63, 3.8) is 0 Å². The van der Waals surface area contributed by atoms with Gasteiger partial charge in [-0.3, -0.25) is 0 Å². The molecule has 0 aliphatic heterocycles. The summed E-state index contributed by atoms with van der Waals surface area (Å²) in [5.74, 6) is -0.766. The van der Waals surface area contributed by atoms with Crippen molar-refractivity contribution in [3.05, 3.63) is 58.9 Å². The number of nitrogens with two attached hydrogens (primary N) is 1. The molecule has 112 valence electrons. The van der Waals surface area contributed by atoms with Crippen molar-refractivity contribution in [3.8, 4) is 5.75 Å². The molecule has 0 unspecified atom stereocenters. The summed E-state index contributed by atoms with van der Waals surface area (Å²) in [6, 6.07) is 9.18. The van der Waals surface area contributed by atoms with E-state index in [4.69, 9.17) is 9.88 Å². The van der Waals surface area contributed by atoms with Crippen LogP contribution in [0.4, 0.5) is 4.39 Å². The van der Waals surface area contributed by atoms with Gasteiger partial charge < -0.3 is 4.74 Å². The summed E-state index contributed by atoms with van der Waals surface area (Å²) in [5, 5.41) is 4.95. The first-order valence-corrected chi connectivity index (χ1v) is 7.84. The highest BCUT2D eigenvalue weighted by molar-refractivity contribution is 7.89. The van der Waals surface area contributed by atoms with Crippen LogP contribution in [0.5, 0.6) is 5.75 Å². The van der Waals surface area contributed by atoms with Gasteiger partial charge in [-0.2, -0.15) is 0 Å². The van der Waals surface area contributed by atoms with E-state index in [1.54, 1.807) is 0 Å². The first-order valence-electron chi connectivity index (χ1n) is 6.29. The van der Waals surface area contributed by atoms with Gasteiger partial charge in [-0.1, -0.05) is 18.2 Å². The molecule has 6 heteroatoms. The highest BCUT2D eigenvalue weighted by atomic mass is 32.2. The number of ether oxygens (including phenoxy) is 1. The van der Waals surface area contributed by atoms with E-state index in [-0.39, 0.29) is 17.3 Å². The third kappa shape index (κ3) is 3.59. The van der Waals surface area contributed by atoms with E-state index < -0.39 is 15.8 Å². The molecule has 0 spiro atoms. The molecule has 2 N–H and O–H groups in total. The normalized spacial score (nSPS) is 11.4. The molecule has 4 nitrogen and oxygen atoms in total. The Morgan fingerprint density at radius 1 is 1.14 bits per heavy atom. The molecule has 2 aromatic carbocycles. The maximum Gasteiger partial charge on any atom is 0.238 e. The van der Waals surface area contributed by atoms with Crippen LogP contribution in [0, 0.1) is 19.7 Å². The third-order valence-electron chi connectivity index (χ3n) is 3.25. The van der Waals surface area contributed by atoms with Crippen LogP contribution in [0.3, 0.4) is 0 Å². The van der Waals surface area contributed by atoms with Gasteiger partial charge in [0.2, 0.25) is 10.0 Å². The minimum absolute atomic E-state index is 0.00921. The molecule has 0 atom stereocenters. The van der Waals surface area contributed by atoms with E-state index in [1.165, 1.54) is 12.1 Å². The molecule has 0 fully saturated rings. The van der Waals surface area contributed by atoms with Crippen molar-refractivity contribution in [1.82, 2.24) is 0 Å². The first kappa shape index (κ1) is 15.5. The van der Waals surface area contributed by atoms with Gasteiger partial charge in [0.25, 0.3) is 0 Å². The minimum atomic E-state index is -3.92. The maximum atomic E-state index is 13.8. The molecule has 0 bridgehead atoms. The number of sulfonamides is 1. The number of benzene rings is 2. The van der Waals surface area contributed by atoms with Crippen molar-refractivity contribution in [1.29, 1.82) is 0 Å².